The monoisotopic (exact) mass is 407 g/mol. The third-order valence-corrected chi connectivity index (χ3v) is 6.63. The van der Waals surface area contributed by atoms with Gasteiger partial charge in [0.05, 0.1) is 18.4 Å². The average molecular weight is 408 g/mol. The minimum Gasteiger partial charge on any atom is -0.465 e. The molecule has 3 unspecified atom stereocenters. The lowest BCUT2D eigenvalue weighted by Gasteiger charge is -2.39. The van der Waals surface area contributed by atoms with Gasteiger partial charge >= 0.3 is 5.97 Å². The summed E-state index contributed by atoms with van der Waals surface area (Å²) in [6.45, 7) is 12.6. The molecule has 0 saturated heterocycles. The molecular weight excluding hydrogens is 378 g/mol. The fourth-order valence-electron chi connectivity index (χ4n) is 5.02. The van der Waals surface area contributed by atoms with E-state index in [4.69, 9.17) is 4.74 Å². The largest absolute Gasteiger partial charge is 0.465 e. The SMILES string of the molecule is CCC1CCC2(C)c3cc(C(=O)OC)cc(Br)c3N(CC(C)(C)C)C12. The summed E-state index contributed by atoms with van der Waals surface area (Å²) in [5, 5.41) is 0. The Labute approximate surface area is 160 Å². The number of nitrogens with zero attached hydrogens (tertiary/aromatic N) is 1. The van der Waals surface area contributed by atoms with Crippen LogP contribution in [0.1, 0.15) is 69.8 Å². The van der Waals surface area contributed by atoms with Crippen molar-refractivity contribution in [2.24, 2.45) is 11.3 Å². The molecule has 0 amide bonds. The molecule has 0 bridgehead atoms. The first-order valence-electron chi connectivity index (χ1n) is 9.31. The Balaban J connectivity index is 2.18. The van der Waals surface area contributed by atoms with Crippen LogP contribution < -0.4 is 4.90 Å². The third kappa shape index (κ3) is 3.01. The van der Waals surface area contributed by atoms with Crippen LogP contribution in [-0.4, -0.2) is 25.7 Å². The first-order chi connectivity index (χ1) is 11.6. The van der Waals surface area contributed by atoms with Crippen LogP contribution in [-0.2, 0) is 10.2 Å². The van der Waals surface area contributed by atoms with Crippen LogP contribution in [0.25, 0.3) is 0 Å². The Morgan fingerprint density at radius 2 is 2.08 bits per heavy atom. The highest BCUT2D eigenvalue weighted by atomic mass is 79.9. The van der Waals surface area contributed by atoms with Gasteiger partial charge in [-0.15, -0.1) is 0 Å². The Kier molecular flexibility index (Phi) is 4.72. The van der Waals surface area contributed by atoms with Gasteiger partial charge in [-0.25, -0.2) is 4.79 Å². The van der Waals surface area contributed by atoms with Crippen molar-refractivity contribution < 1.29 is 9.53 Å². The van der Waals surface area contributed by atoms with E-state index in [1.54, 1.807) is 0 Å². The molecule has 4 heteroatoms. The molecule has 1 fully saturated rings. The van der Waals surface area contributed by atoms with E-state index in [1.165, 1.54) is 37.6 Å². The number of methoxy groups -OCH3 is 1. The van der Waals surface area contributed by atoms with Crippen molar-refractivity contribution in [2.45, 2.75) is 65.3 Å². The van der Waals surface area contributed by atoms with Crippen LogP contribution in [0.2, 0.25) is 0 Å². The molecule has 1 heterocycles. The van der Waals surface area contributed by atoms with Gasteiger partial charge in [0.15, 0.2) is 0 Å². The first kappa shape index (κ1) is 18.8. The van der Waals surface area contributed by atoms with E-state index >= 15 is 0 Å². The summed E-state index contributed by atoms with van der Waals surface area (Å²) in [7, 11) is 1.45. The number of anilines is 1. The molecule has 1 saturated carbocycles. The summed E-state index contributed by atoms with van der Waals surface area (Å²) in [6.07, 6.45) is 3.65. The standard InChI is InChI=1S/C21H30BrNO2/c1-7-13-8-9-21(5)15-10-14(19(24)25-6)11-16(22)17(15)23(18(13)21)12-20(2,3)4/h10-11,13,18H,7-9,12H2,1-6H3. The molecule has 1 aromatic carbocycles. The van der Waals surface area contributed by atoms with E-state index < -0.39 is 0 Å². The zero-order valence-corrected chi connectivity index (χ0v) is 17.9. The molecule has 0 radical (unpaired) electrons. The molecule has 3 rings (SSSR count). The van der Waals surface area contributed by atoms with Crippen LogP contribution in [0, 0.1) is 11.3 Å². The molecular formula is C21H30BrNO2. The second-order valence-electron chi connectivity index (χ2n) is 9.10. The van der Waals surface area contributed by atoms with Crippen LogP contribution >= 0.6 is 15.9 Å². The minimum absolute atomic E-state index is 0.105. The summed E-state index contributed by atoms with van der Waals surface area (Å²) >= 11 is 3.77. The molecule has 1 aliphatic heterocycles. The van der Waals surface area contributed by atoms with E-state index in [2.05, 4.69) is 61.5 Å². The zero-order valence-electron chi connectivity index (χ0n) is 16.3. The highest BCUT2D eigenvalue weighted by Crippen LogP contribution is 2.58. The maximum Gasteiger partial charge on any atom is 0.337 e. The Bertz CT molecular complexity index is 694. The normalized spacial score (nSPS) is 28.0. The fourth-order valence-corrected chi connectivity index (χ4v) is 5.71. The molecule has 0 aromatic heterocycles. The zero-order chi connectivity index (χ0) is 18.6. The van der Waals surface area contributed by atoms with Crippen LogP contribution in [0.5, 0.6) is 0 Å². The van der Waals surface area contributed by atoms with Crippen molar-refractivity contribution in [3.8, 4) is 0 Å². The topological polar surface area (TPSA) is 29.5 Å². The molecule has 1 aliphatic carbocycles. The number of fused-ring (bicyclic) bond motifs is 3. The first-order valence-corrected chi connectivity index (χ1v) is 10.1. The van der Waals surface area contributed by atoms with Gasteiger partial charge in [-0.05, 0) is 57.8 Å². The molecule has 0 spiro atoms. The third-order valence-electron chi connectivity index (χ3n) is 6.03. The van der Waals surface area contributed by atoms with Gasteiger partial charge in [0.2, 0.25) is 0 Å². The maximum absolute atomic E-state index is 12.1. The molecule has 3 nitrogen and oxygen atoms in total. The van der Waals surface area contributed by atoms with Crippen molar-refractivity contribution in [1.82, 2.24) is 0 Å². The second kappa shape index (κ2) is 6.29. The summed E-state index contributed by atoms with van der Waals surface area (Å²) in [6, 6.07) is 4.52. The quantitative estimate of drug-likeness (QED) is 0.615. The maximum atomic E-state index is 12.1. The van der Waals surface area contributed by atoms with Gasteiger partial charge in [0.1, 0.15) is 0 Å². The molecule has 1 aromatic rings. The fraction of sp³-hybridized carbons (Fsp3) is 0.667. The van der Waals surface area contributed by atoms with Gasteiger partial charge in [0.25, 0.3) is 0 Å². The number of carbonyl (C=O) groups excluding carboxylic acids is 1. The number of carbonyl (C=O) groups is 1. The highest BCUT2D eigenvalue weighted by Gasteiger charge is 2.55. The lowest BCUT2D eigenvalue weighted by Crippen LogP contribution is -2.46. The van der Waals surface area contributed by atoms with Gasteiger partial charge in [-0.1, -0.05) is 41.0 Å². The van der Waals surface area contributed by atoms with Crippen molar-refractivity contribution >= 4 is 27.6 Å². The Hall–Kier alpha value is -1.03. The van der Waals surface area contributed by atoms with E-state index in [-0.39, 0.29) is 16.8 Å². The number of esters is 1. The number of rotatable bonds is 3. The van der Waals surface area contributed by atoms with E-state index in [0.29, 0.717) is 17.5 Å². The lowest BCUT2D eigenvalue weighted by molar-refractivity contribution is 0.0600. The van der Waals surface area contributed by atoms with Gasteiger partial charge in [-0.2, -0.15) is 0 Å². The highest BCUT2D eigenvalue weighted by molar-refractivity contribution is 9.10. The number of hydrogen-bond acceptors (Lipinski definition) is 3. The van der Waals surface area contributed by atoms with Gasteiger partial charge < -0.3 is 9.64 Å². The van der Waals surface area contributed by atoms with E-state index in [9.17, 15) is 4.79 Å². The van der Waals surface area contributed by atoms with Gasteiger partial charge in [0, 0.05) is 22.5 Å². The second-order valence-corrected chi connectivity index (χ2v) is 9.96. The van der Waals surface area contributed by atoms with E-state index in [0.717, 1.165) is 11.0 Å². The van der Waals surface area contributed by atoms with Crippen molar-refractivity contribution in [3.05, 3.63) is 27.7 Å². The number of hydrogen-bond donors (Lipinski definition) is 0. The average Bonchev–Trinajstić information content (AvgIpc) is 2.98. The molecule has 25 heavy (non-hydrogen) atoms. The predicted octanol–water partition coefficient (Wildman–Crippen LogP) is 5.55. The Morgan fingerprint density at radius 1 is 1.40 bits per heavy atom. The van der Waals surface area contributed by atoms with Crippen molar-refractivity contribution in [3.63, 3.8) is 0 Å². The molecule has 2 aliphatic rings. The number of benzene rings is 1. The summed E-state index contributed by atoms with van der Waals surface area (Å²) in [4.78, 5) is 14.8. The van der Waals surface area contributed by atoms with Crippen LogP contribution in [0.3, 0.4) is 0 Å². The van der Waals surface area contributed by atoms with Gasteiger partial charge in [-0.3, -0.25) is 0 Å². The van der Waals surface area contributed by atoms with Crippen molar-refractivity contribution in [1.29, 1.82) is 0 Å². The predicted molar refractivity (Wildman–Crippen MR) is 106 cm³/mol. The van der Waals surface area contributed by atoms with Crippen molar-refractivity contribution in [2.75, 3.05) is 18.6 Å². The Morgan fingerprint density at radius 3 is 2.64 bits per heavy atom. The number of halogens is 1. The lowest BCUT2D eigenvalue weighted by atomic mass is 9.78. The van der Waals surface area contributed by atoms with E-state index in [1.807, 2.05) is 6.07 Å². The number of ether oxygens (including phenoxy) is 1. The molecule has 138 valence electrons. The minimum atomic E-state index is -0.261. The molecule has 0 N–H and O–H groups in total. The van der Waals surface area contributed by atoms with Crippen LogP contribution in [0.15, 0.2) is 16.6 Å². The summed E-state index contributed by atoms with van der Waals surface area (Å²) < 4.78 is 5.99. The summed E-state index contributed by atoms with van der Waals surface area (Å²) in [5.41, 5.74) is 3.56. The smallest absolute Gasteiger partial charge is 0.337 e. The summed E-state index contributed by atoms with van der Waals surface area (Å²) in [5.74, 6) is 0.441. The van der Waals surface area contributed by atoms with Crippen LogP contribution in [0.4, 0.5) is 5.69 Å². The molecule has 3 atom stereocenters.